The van der Waals surface area contributed by atoms with E-state index >= 15 is 0 Å². The normalized spacial score (nSPS) is 19.2. The topological polar surface area (TPSA) is 45.4 Å². The van der Waals surface area contributed by atoms with Crippen molar-refractivity contribution < 1.29 is 0 Å². The van der Waals surface area contributed by atoms with Crippen molar-refractivity contribution in [1.29, 1.82) is 0 Å². The van der Waals surface area contributed by atoms with Crippen LogP contribution in [0.25, 0.3) is 0 Å². The van der Waals surface area contributed by atoms with E-state index in [-0.39, 0.29) is 6.04 Å². The van der Waals surface area contributed by atoms with Crippen LogP contribution in [-0.2, 0) is 0 Å². The Bertz CT molecular complexity index is 344. The van der Waals surface area contributed by atoms with Crippen molar-refractivity contribution in [3.63, 3.8) is 0 Å². The van der Waals surface area contributed by atoms with E-state index in [1.807, 2.05) is 18.3 Å². The van der Waals surface area contributed by atoms with Gasteiger partial charge in [-0.1, -0.05) is 19.9 Å². The highest BCUT2D eigenvalue weighted by Crippen LogP contribution is 2.13. The Kier molecular flexibility index (Phi) is 4.55. The predicted octanol–water partition coefficient (Wildman–Crippen LogP) is 1.19. The summed E-state index contributed by atoms with van der Waals surface area (Å²) in [5, 5.41) is 0. The van der Waals surface area contributed by atoms with Gasteiger partial charge in [-0.05, 0) is 18.1 Å². The summed E-state index contributed by atoms with van der Waals surface area (Å²) in [5.74, 6) is 1.64. The van der Waals surface area contributed by atoms with E-state index in [0.717, 1.165) is 38.5 Å². The molecular weight excluding hydrogens is 224 g/mol. The number of pyridine rings is 1. The lowest BCUT2D eigenvalue weighted by Gasteiger charge is -2.37. The fraction of sp³-hybridized carbons (Fsp3) is 0.643. The molecule has 0 aliphatic carbocycles. The Morgan fingerprint density at radius 2 is 1.94 bits per heavy atom. The maximum absolute atomic E-state index is 6.13. The van der Waals surface area contributed by atoms with Crippen LogP contribution < -0.4 is 10.6 Å². The number of hydrogen-bond donors (Lipinski definition) is 1. The molecule has 0 radical (unpaired) electrons. The smallest absolute Gasteiger partial charge is 0.128 e. The van der Waals surface area contributed by atoms with Crippen molar-refractivity contribution in [3.8, 4) is 0 Å². The minimum atomic E-state index is 0.284. The Labute approximate surface area is 110 Å². The summed E-state index contributed by atoms with van der Waals surface area (Å²) in [6.07, 6.45) is 1.86. The third-order valence-corrected chi connectivity index (χ3v) is 3.67. The molecule has 1 aromatic heterocycles. The first kappa shape index (κ1) is 13.3. The Morgan fingerprint density at radius 3 is 2.50 bits per heavy atom. The predicted molar refractivity (Wildman–Crippen MR) is 75.7 cm³/mol. The minimum Gasteiger partial charge on any atom is -0.354 e. The van der Waals surface area contributed by atoms with Crippen LogP contribution in [0.4, 0.5) is 5.82 Å². The first-order chi connectivity index (χ1) is 8.66. The molecule has 4 heteroatoms. The van der Waals surface area contributed by atoms with Crippen molar-refractivity contribution in [2.45, 2.75) is 19.9 Å². The molecule has 0 bridgehead atoms. The second kappa shape index (κ2) is 6.16. The van der Waals surface area contributed by atoms with Gasteiger partial charge in [-0.25, -0.2) is 4.98 Å². The maximum Gasteiger partial charge on any atom is 0.128 e. The molecule has 1 atom stereocenters. The highest BCUT2D eigenvalue weighted by atomic mass is 15.3. The van der Waals surface area contributed by atoms with Gasteiger partial charge in [-0.2, -0.15) is 0 Å². The largest absolute Gasteiger partial charge is 0.354 e. The first-order valence-electron chi connectivity index (χ1n) is 6.80. The molecule has 0 amide bonds. The molecule has 0 spiro atoms. The van der Waals surface area contributed by atoms with Gasteiger partial charge >= 0.3 is 0 Å². The fourth-order valence-corrected chi connectivity index (χ4v) is 2.21. The second-order valence-corrected chi connectivity index (χ2v) is 5.38. The van der Waals surface area contributed by atoms with Gasteiger partial charge in [0.15, 0.2) is 0 Å². The highest BCUT2D eigenvalue weighted by Gasteiger charge is 2.20. The highest BCUT2D eigenvalue weighted by molar-refractivity contribution is 5.38. The van der Waals surface area contributed by atoms with Crippen LogP contribution in [0.15, 0.2) is 24.4 Å². The number of anilines is 1. The van der Waals surface area contributed by atoms with Crippen molar-refractivity contribution in [2.75, 3.05) is 37.6 Å². The lowest BCUT2D eigenvalue weighted by Crippen LogP contribution is -2.51. The van der Waals surface area contributed by atoms with Crippen molar-refractivity contribution in [3.05, 3.63) is 24.4 Å². The summed E-state index contributed by atoms with van der Waals surface area (Å²) in [5.41, 5.74) is 6.13. The minimum absolute atomic E-state index is 0.284. The first-order valence-corrected chi connectivity index (χ1v) is 6.80. The summed E-state index contributed by atoms with van der Waals surface area (Å²) in [7, 11) is 0. The summed E-state index contributed by atoms with van der Waals surface area (Å²) in [6, 6.07) is 6.37. The van der Waals surface area contributed by atoms with Gasteiger partial charge in [-0.3, -0.25) is 4.90 Å². The van der Waals surface area contributed by atoms with E-state index in [4.69, 9.17) is 5.73 Å². The average molecular weight is 248 g/mol. The Hall–Kier alpha value is -1.13. The van der Waals surface area contributed by atoms with Crippen LogP contribution in [0.2, 0.25) is 0 Å². The van der Waals surface area contributed by atoms with Gasteiger partial charge in [-0.15, -0.1) is 0 Å². The van der Waals surface area contributed by atoms with Crippen LogP contribution in [-0.4, -0.2) is 48.6 Å². The summed E-state index contributed by atoms with van der Waals surface area (Å²) in [6.45, 7) is 9.63. The SMILES string of the molecule is CC(C)[C@@H](N)CN1CCN(c2ccccn2)CC1. The van der Waals surface area contributed by atoms with E-state index in [2.05, 4.69) is 34.7 Å². The molecule has 1 fully saturated rings. The van der Waals surface area contributed by atoms with E-state index in [9.17, 15) is 0 Å². The van der Waals surface area contributed by atoms with Crippen LogP contribution in [0.3, 0.4) is 0 Å². The van der Waals surface area contributed by atoms with Gasteiger partial charge in [0.25, 0.3) is 0 Å². The number of rotatable bonds is 4. The Morgan fingerprint density at radius 1 is 1.22 bits per heavy atom. The lowest BCUT2D eigenvalue weighted by molar-refractivity contribution is 0.225. The molecule has 4 nitrogen and oxygen atoms in total. The van der Waals surface area contributed by atoms with E-state index in [0.29, 0.717) is 5.92 Å². The van der Waals surface area contributed by atoms with E-state index in [1.54, 1.807) is 0 Å². The quantitative estimate of drug-likeness (QED) is 0.869. The molecule has 2 heterocycles. The lowest BCUT2D eigenvalue weighted by atomic mass is 10.0. The van der Waals surface area contributed by atoms with Gasteiger partial charge in [0.05, 0.1) is 0 Å². The number of hydrogen-bond acceptors (Lipinski definition) is 4. The summed E-state index contributed by atoms with van der Waals surface area (Å²) < 4.78 is 0. The van der Waals surface area contributed by atoms with Crippen molar-refractivity contribution in [2.24, 2.45) is 11.7 Å². The maximum atomic E-state index is 6.13. The molecule has 1 aromatic rings. The molecule has 100 valence electrons. The third-order valence-electron chi connectivity index (χ3n) is 3.67. The van der Waals surface area contributed by atoms with Gasteiger partial charge in [0, 0.05) is 45.0 Å². The fourth-order valence-electron chi connectivity index (χ4n) is 2.21. The van der Waals surface area contributed by atoms with Crippen molar-refractivity contribution >= 4 is 5.82 Å². The van der Waals surface area contributed by atoms with Crippen LogP contribution in [0, 0.1) is 5.92 Å². The average Bonchev–Trinajstić information content (AvgIpc) is 2.40. The number of piperazine rings is 1. The zero-order chi connectivity index (χ0) is 13.0. The zero-order valence-corrected chi connectivity index (χ0v) is 11.4. The molecule has 18 heavy (non-hydrogen) atoms. The standard InChI is InChI=1S/C14H24N4/c1-12(2)13(15)11-17-7-9-18(10-8-17)14-5-3-4-6-16-14/h3-6,12-13H,7-11,15H2,1-2H3/t13-/m0/s1. The van der Waals surface area contributed by atoms with Gasteiger partial charge < -0.3 is 10.6 Å². The van der Waals surface area contributed by atoms with Gasteiger partial charge in [0.1, 0.15) is 5.82 Å². The van der Waals surface area contributed by atoms with E-state index < -0.39 is 0 Å². The molecule has 1 aliphatic rings. The Balaban J connectivity index is 1.81. The molecule has 0 saturated carbocycles. The summed E-state index contributed by atoms with van der Waals surface area (Å²) >= 11 is 0. The molecule has 2 N–H and O–H groups in total. The summed E-state index contributed by atoms with van der Waals surface area (Å²) in [4.78, 5) is 9.21. The van der Waals surface area contributed by atoms with Crippen LogP contribution in [0.1, 0.15) is 13.8 Å². The number of aromatic nitrogens is 1. The van der Waals surface area contributed by atoms with Crippen molar-refractivity contribution in [1.82, 2.24) is 9.88 Å². The van der Waals surface area contributed by atoms with Crippen LogP contribution in [0.5, 0.6) is 0 Å². The second-order valence-electron chi connectivity index (χ2n) is 5.38. The van der Waals surface area contributed by atoms with E-state index in [1.165, 1.54) is 0 Å². The number of nitrogens with two attached hydrogens (primary N) is 1. The molecule has 0 unspecified atom stereocenters. The zero-order valence-electron chi connectivity index (χ0n) is 11.4. The third kappa shape index (κ3) is 3.43. The molecule has 1 aliphatic heterocycles. The van der Waals surface area contributed by atoms with Gasteiger partial charge in [0.2, 0.25) is 0 Å². The molecule has 0 aromatic carbocycles. The molecular formula is C14H24N4. The molecule has 1 saturated heterocycles. The number of nitrogens with zero attached hydrogens (tertiary/aromatic N) is 3. The van der Waals surface area contributed by atoms with Crippen LogP contribution >= 0.6 is 0 Å². The monoisotopic (exact) mass is 248 g/mol. The molecule has 2 rings (SSSR count).